The molecule has 1 saturated carbocycles. The molecule has 1 aromatic rings. The van der Waals surface area contributed by atoms with Crippen molar-refractivity contribution in [3.63, 3.8) is 0 Å². The van der Waals surface area contributed by atoms with Crippen LogP contribution >= 0.6 is 0 Å². The highest BCUT2D eigenvalue weighted by Gasteiger charge is 2.45. The molecule has 13 heavy (non-hydrogen) atoms. The molecule has 0 saturated heterocycles. The molecule has 68 valence electrons. The molecule has 0 bridgehead atoms. The molecular weight excluding hydrogens is 160 g/mol. The summed E-state index contributed by atoms with van der Waals surface area (Å²) in [6.07, 6.45) is 3.92. The van der Waals surface area contributed by atoms with E-state index in [1.54, 1.807) is 0 Å². The summed E-state index contributed by atoms with van der Waals surface area (Å²) in [5.74, 6) is 0. The molecule has 1 aliphatic heterocycles. The number of hydrogen-bond donors (Lipinski definition) is 2. The Hall–Kier alpha value is -1.18. The van der Waals surface area contributed by atoms with Crippen LogP contribution in [0.25, 0.3) is 0 Å². The van der Waals surface area contributed by atoms with E-state index in [0.29, 0.717) is 5.41 Å². The monoisotopic (exact) mass is 174 g/mol. The van der Waals surface area contributed by atoms with E-state index >= 15 is 0 Å². The minimum atomic E-state index is 0.572. The number of anilines is 2. The highest BCUT2D eigenvalue weighted by atomic mass is 14.9. The standard InChI is InChI=1S/C11H14N2/c12-9-2-1-3-10-8(9)6-11(4-5-11)7-13-10/h1-3,13H,4-7,12H2. The van der Waals surface area contributed by atoms with Gasteiger partial charge in [0.2, 0.25) is 0 Å². The molecule has 1 aromatic carbocycles. The van der Waals surface area contributed by atoms with Gasteiger partial charge in [-0.3, -0.25) is 0 Å². The fourth-order valence-corrected chi connectivity index (χ4v) is 2.22. The van der Waals surface area contributed by atoms with Gasteiger partial charge >= 0.3 is 0 Å². The first-order valence-corrected chi connectivity index (χ1v) is 4.90. The van der Waals surface area contributed by atoms with Gasteiger partial charge in [-0.2, -0.15) is 0 Å². The SMILES string of the molecule is Nc1cccc2c1CC1(CC1)CN2. The first kappa shape index (κ1) is 7.25. The zero-order chi connectivity index (χ0) is 8.89. The lowest BCUT2D eigenvalue weighted by atomic mass is 9.90. The van der Waals surface area contributed by atoms with Crippen LogP contribution in [0.4, 0.5) is 11.4 Å². The maximum atomic E-state index is 5.95. The van der Waals surface area contributed by atoms with Crippen molar-refractivity contribution in [1.29, 1.82) is 0 Å². The Morgan fingerprint density at radius 2 is 2.15 bits per heavy atom. The molecule has 1 fully saturated rings. The highest BCUT2D eigenvalue weighted by molar-refractivity contribution is 5.65. The zero-order valence-electron chi connectivity index (χ0n) is 7.64. The molecule has 0 radical (unpaired) electrons. The van der Waals surface area contributed by atoms with Crippen LogP contribution < -0.4 is 11.1 Å². The van der Waals surface area contributed by atoms with Crippen molar-refractivity contribution in [1.82, 2.24) is 0 Å². The summed E-state index contributed by atoms with van der Waals surface area (Å²) >= 11 is 0. The molecule has 1 aliphatic carbocycles. The third kappa shape index (κ3) is 1.01. The third-order valence-corrected chi connectivity index (χ3v) is 3.37. The van der Waals surface area contributed by atoms with Gasteiger partial charge in [0.05, 0.1) is 0 Å². The van der Waals surface area contributed by atoms with Gasteiger partial charge in [-0.1, -0.05) is 6.07 Å². The third-order valence-electron chi connectivity index (χ3n) is 3.37. The molecule has 2 nitrogen and oxygen atoms in total. The van der Waals surface area contributed by atoms with Crippen molar-refractivity contribution in [3.8, 4) is 0 Å². The van der Waals surface area contributed by atoms with Crippen molar-refractivity contribution < 1.29 is 0 Å². The van der Waals surface area contributed by atoms with Crippen molar-refractivity contribution in [2.45, 2.75) is 19.3 Å². The molecular formula is C11H14N2. The van der Waals surface area contributed by atoms with Gasteiger partial charge in [-0.15, -0.1) is 0 Å². The topological polar surface area (TPSA) is 38.0 Å². The van der Waals surface area contributed by atoms with E-state index in [1.165, 1.54) is 30.5 Å². The first-order valence-electron chi connectivity index (χ1n) is 4.90. The van der Waals surface area contributed by atoms with Gasteiger partial charge < -0.3 is 11.1 Å². The summed E-state index contributed by atoms with van der Waals surface area (Å²) in [5.41, 5.74) is 10.1. The van der Waals surface area contributed by atoms with E-state index in [2.05, 4.69) is 11.4 Å². The van der Waals surface area contributed by atoms with Crippen LogP contribution in [0.2, 0.25) is 0 Å². The smallest absolute Gasteiger partial charge is 0.0393 e. The second kappa shape index (κ2) is 2.19. The summed E-state index contributed by atoms with van der Waals surface area (Å²) in [4.78, 5) is 0. The molecule has 3 rings (SSSR count). The van der Waals surface area contributed by atoms with E-state index in [9.17, 15) is 0 Å². The fourth-order valence-electron chi connectivity index (χ4n) is 2.22. The summed E-state index contributed by atoms with van der Waals surface area (Å²) < 4.78 is 0. The number of hydrogen-bond acceptors (Lipinski definition) is 2. The molecule has 0 unspecified atom stereocenters. The molecule has 3 N–H and O–H groups in total. The summed E-state index contributed by atoms with van der Waals surface area (Å²) in [6, 6.07) is 6.15. The fraction of sp³-hybridized carbons (Fsp3) is 0.455. The summed E-state index contributed by atoms with van der Waals surface area (Å²) in [7, 11) is 0. The molecule has 1 heterocycles. The predicted octanol–water partition coefficient (Wildman–Crippen LogP) is 2.02. The Kier molecular flexibility index (Phi) is 1.22. The number of nitrogens with one attached hydrogen (secondary N) is 1. The van der Waals surface area contributed by atoms with E-state index in [1.807, 2.05) is 12.1 Å². The van der Waals surface area contributed by atoms with Gasteiger partial charge in [-0.05, 0) is 42.4 Å². The van der Waals surface area contributed by atoms with Crippen LogP contribution in [0.3, 0.4) is 0 Å². The number of fused-ring (bicyclic) bond motifs is 1. The first-order chi connectivity index (χ1) is 6.29. The van der Waals surface area contributed by atoms with Gasteiger partial charge in [0.15, 0.2) is 0 Å². The van der Waals surface area contributed by atoms with E-state index < -0.39 is 0 Å². The largest absolute Gasteiger partial charge is 0.398 e. The maximum Gasteiger partial charge on any atom is 0.0393 e. The molecule has 0 atom stereocenters. The number of rotatable bonds is 0. The Bertz CT molecular complexity index is 353. The van der Waals surface area contributed by atoms with Crippen LogP contribution in [0, 0.1) is 5.41 Å². The quantitative estimate of drug-likeness (QED) is 0.590. The van der Waals surface area contributed by atoms with Crippen LogP contribution in [0.15, 0.2) is 18.2 Å². The lowest BCUT2D eigenvalue weighted by Gasteiger charge is -2.26. The Balaban J connectivity index is 2.06. The number of nitrogen functional groups attached to an aromatic ring is 1. The van der Waals surface area contributed by atoms with Crippen LogP contribution in [-0.2, 0) is 6.42 Å². The van der Waals surface area contributed by atoms with Crippen molar-refractivity contribution >= 4 is 11.4 Å². The molecule has 1 spiro atoms. The average Bonchev–Trinajstić information content (AvgIpc) is 2.88. The molecule has 2 heteroatoms. The van der Waals surface area contributed by atoms with Gasteiger partial charge in [-0.25, -0.2) is 0 Å². The second-order valence-corrected chi connectivity index (χ2v) is 4.40. The summed E-state index contributed by atoms with van der Waals surface area (Å²) in [5, 5.41) is 3.48. The molecule has 0 amide bonds. The number of nitrogens with two attached hydrogens (primary N) is 1. The minimum absolute atomic E-state index is 0.572. The Morgan fingerprint density at radius 3 is 2.92 bits per heavy atom. The van der Waals surface area contributed by atoms with Crippen LogP contribution in [0.1, 0.15) is 18.4 Å². The van der Waals surface area contributed by atoms with Gasteiger partial charge in [0.25, 0.3) is 0 Å². The van der Waals surface area contributed by atoms with E-state index in [0.717, 1.165) is 12.2 Å². The van der Waals surface area contributed by atoms with Crippen molar-refractivity contribution in [3.05, 3.63) is 23.8 Å². The normalized spacial score (nSPS) is 22.2. The van der Waals surface area contributed by atoms with Gasteiger partial charge in [0, 0.05) is 17.9 Å². The predicted molar refractivity (Wildman–Crippen MR) is 54.7 cm³/mol. The van der Waals surface area contributed by atoms with Crippen molar-refractivity contribution in [2.75, 3.05) is 17.6 Å². The van der Waals surface area contributed by atoms with Crippen LogP contribution in [-0.4, -0.2) is 6.54 Å². The van der Waals surface area contributed by atoms with Gasteiger partial charge in [0.1, 0.15) is 0 Å². The maximum absolute atomic E-state index is 5.95. The number of benzene rings is 1. The summed E-state index contributed by atoms with van der Waals surface area (Å²) in [6.45, 7) is 1.14. The lowest BCUT2D eigenvalue weighted by molar-refractivity contribution is 0.524. The molecule has 2 aliphatic rings. The molecule has 0 aromatic heterocycles. The van der Waals surface area contributed by atoms with E-state index in [-0.39, 0.29) is 0 Å². The Labute approximate surface area is 78.1 Å². The van der Waals surface area contributed by atoms with Crippen molar-refractivity contribution in [2.24, 2.45) is 5.41 Å². The second-order valence-electron chi connectivity index (χ2n) is 4.40. The lowest BCUT2D eigenvalue weighted by Crippen LogP contribution is -2.25. The minimum Gasteiger partial charge on any atom is -0.398 e. The average molecular weight is 174 g/mol. The zero-order valence-corrected chi connectivity index (χ0v) is 7.64. The van der Waals surface area contributed by atoms with Crippen LogP contribution in [0.5, 0.6) is 0 Å². The van der Waals surface area contributed by atoms with E-state index in [4.69, 9.17) is 5.73 Å². The highest BCUT2D eigenvalue weighted by Crippen LogP contribution is 2.52. The Morgan fingerprint density at radius 1 is 1.31 bits per heavy atom.